The maximum absolute atomic E-state index is 12.0. The van der Waals surface area contributed by atoms with Crippen molar-refractivity contribution in [3.8, 4) is 0 Å². The molecule has 0 aromatic heterocycles. The van der Waals surface area contributed by atoms with Crippen molar-refractivity contribution >= 4 is 15.7 Å². The van der Waals surface area contributed by atoms with Crippen LogP contribution in [0.3, 0.4) is 0 Å². The Morgan fingerprint density at radius 1 is 1.35 bits per heavy atom. The van der Waals surface area contributed by atoms with Gasteiger partial charge < -0.3 is 21.0 Å². The molecule has 1 aromatic rings. The van der Waals surface area contributed by atoms with Crippen molar-refractivity contribution in [1.29, 1.82) is 0 Å². The van der Waals surface area contributed by atoms with Gasteiger partial charge >= 0.3 is 0 Å². The lowest BCUT2D eigenvalue weighted by atomic mass is 10.2. The highest BCUT2D eigenvalue weighted by Gasteiger charge is 2.14. The number of hydrogen-bond donors (Lipinski definition) is 3. The minimum absolute atomic E-state index is 0.000365. The first-order valence-corrected chi connectivity index (χ1v) is 7.67. The molecular weight excluding hydrogens is 282 g/mol. The first-order valence-electron chi connectivity index (χ1n) is 6.01. The van der Waals surface area contributed by atoms with Gasteiger partial charge in [-0.1, -0.05) is 5.16 Å². The lowest BCUT2D eigenvalue weighted by Crippen LogP contribution is -2.26. The molecule has 112 valence electrons. The molecule has 1 aromatic carbocycles. The summed E-state index contributed by atoms with van der Waals surface area (Å²) in [7, 11) is -1.76. The molecule has 0 aliphatic rings. The molecule has 0 fully saturated rings. The van der Waals surface area contributed by atoms with Crippen LogP contribution in [0.25, 0.3) is 0 Å². The van der Waals surface area contributed by atoms with Crippen LogP contribution in [0.5, 0.6) is 0 Å². The number of benzene rings is 1. The third-order valence-corrected chi connectivity index (χ3v) is 4.38. The highest BCUT2D eigenvalue weighted by atomic mass is 32.2. The highest BCUT2D eigenvalue weighted by Crippen LogP contribution is 2.12. The fraction of sp³-hybridized carbons (Fsp3) is 0.417. The van der Waals surface area contributed by atoms with E-state index in [-0.39, 0.29) is 16.5 Å². The number of nitrogens with zero attached hydrogens (tertiary/aromatic N) is 1. The number of sulfone groups is 1. The van der Waals surface area contributed by atoms with Crippen LogP contribution in [0.1, 0.15) is 5.56 Å². The van der Waals surface area contributed by atoms with Gasteiger partial charge in [0, 0.05) is 25.8 Å². The Morgan fingerprint density at radius 2 is 2.00 bits per heavy atom. The molecule has 0 aliphatic heterocycles. The number of oxime groups is 1. The lowest BCUT2D eigenvalue weighted by molar-refractivity contribution is 0.200. The van der Waals surface area contributed by atoms with E-state index in [2.05, 4.69) is 10.5 Å². The molecule has 0 unspecified atom stereocenters. The molecule has 0 spiro atoms. The van der Waals surface area contributed by atoms with Gasteiger partial charge in [-0.2, -0.15) is 0 Å². The van der Waals surface area contributed by atoms with E-state index < -0.39 is 9.84 Å². The lowest BCUT2D eigenvalue weighted by Gasteiger charge is -2.07. The second-order valence-electron chi connectivity index (χ2n) is 4.07. The molecule has 0 bridgehead atoms. The van der Waals surface area contributed by atoms with Crippen molar-refractivity contribution in [1.82, 2.24) is 5.32 Å². The van der Waals surface area contributed by atoms with E-state index in [0.717, 1.165) is 0 Å². The largest absolute Gasteiger partial charge is 0.409 e. The van der Waals surface area contributed by atoms with Crippen molar-refractivity contribution in [2.24, 2.45) is 10.9 Å². The van der Waals surface area contributed by atoms with Gasteiger partial charge in [-0.3, -0.25) is 0 Å². The van der Waals surface area contributed by atoms with E-state index in [1.54, 1.807) is 7.11 Å². The first kappa shape index (κ1) is 16.4. The van der Waals surface area contributed by atoms with Crippen molar-refractivity contribution in [3.05, 3.63) is 29.8 Å². The monoisotopic (exact) mass is 301 g/mol. The zero-order chi connectivity index (χ0) is 15.0. The van der Waals surface area contributed by atoms with Crippen LogP contribution in [-0.2, 0) is 14.6 Å². The summed E-state index contributed by atoms with van der Waals surface area (Å²) in [6, 6.07) is 5.89. The van der Waals surface area contributed by atoms with Crippen molar-refractivity contribution < 1.29 is 18.4 Å². The van der Waals surface area contributed by atoms with E-state index >= 15 is 0 Å². The van der Waals surface area contributed by atoms with Gasteiger partial charge in [-0.05, 0) is 24.3 Å². The van der Waals surface area contributed by atoms with Crippen LogP contribution in [0.2, 0.25) is 0 Å². The molecule has 0 saturated carbocycles. The van der Waals surface area contributed by atoms with Gasteiger partial charge in [0.25, 0.3) is 0 Å². The second-order valence-corrected chi connectivity index (χ2v) is 6.18. The molecule has 8 heteroatoms. The van der Waals surface area contributed by atoms with Crippen LogP contribution in [0, 0.1) is 0 Å². The summed E-state index contributed by atoms with van der Waals surface area (Å²) in [4.78, 5) is 0.209. The van der Waals surface area contributed by atoms with Gasteiger partial charge in [0.15, 0.2) is 15.7 Å². The number of ether oxygens (including phenoxy) is 1. The standard InChI is InChI=1S/C12H19N3O4S/c1-19-8-6-14-7-9-20(17,18)11-4-2-10(3-5-11)12(13)15-16/h2-5,14,16H,6-9H2,1H3,(H2,13,15). The van der Waals surface area contributed by atoms with Gasteiger partial charge in [-0.25, -0.2) is 8.42 Å². The van der Waals surface area contributed by atoms with Crippen molar-refractivity contribution in [2.75, 3.05) is 32.6 Å². The summed E-state index contributed by atoms with van der Waals surface area (Å²) in [5.74, 6) is -0.0604. The maximum atomic E-state index is 12.0. The van der Waals surface area contributed by atoms with Gasteiger partial charge in [0.2, 0.25) is 0 Å². The molecule has 0 aliphatic carbocycles. The average molecular weight is 301 g/mol. The van der Waals surface area contributed by atoms with Crippen LogP contribution < -0.4 is 11.1 Å². The molecule has 0 heterocycles. The maximum Gasteiger partial charge on any atom is 0.179 e. The molecule has 4 N–H and O–H groups in total. The Hall–Kier alpha value is -1.64. The Bertz CT molecular complexity index is 540. The van der Waals surface area contributed by atoms with E-state index in [9.17, 15) is 8.42 Å². The fourth-order valence-electron chi connectivity index (χ4n) is 1.51. The number of nitrogens with two attached hydrogens (primary N) is 1. The Morgan fingerprint density at radius 3 is 2.55 bits per heavy atom. The minimum atomic E-state index is -3.34. The number of amidine groups is 1. The predicted molar refractivity (Wildman–Crippen MR) is 75.8 cm³/mol. The summed E-state index contributed by atoms with van der Waals surface area (Å²) >= 11 is 0. The zero-order valence-corrected chi connectivity index (χ0v) is 12.1. The van der Waals surface area contributed by atoms with Crippen molar-refractivity contribution in [3.63, 3.8) is 0 Å². The molecule has 20 heavy (non-hydrogen) atoms. The SMILES string of the molecule is COCCNCCS(=O)(=O)c1ccc(/C(N)=N/O)cc1. The second kappa shape index (κ2) is 7.83. The fourth-order valence-corrected chi connectivity index (χ4v) is 2.71. The van der Waals surface area contributed by atoms with Crippen LogP contribution in [0.15, 0.2) is 34.3 Å². The molecule has 7 nitrogen and oxygen atoms in total. The zero-order valence-electron chi connectivity index (χ0n) is 11.2. The Balaban J connectivity index is 2.64. The van der Waals surface area contributed by atoms with Crippen LogP contribution >= 0.6 is 0 Å². The molecule has 0 radical (unpaired) electrons. The third-order valence-electron chi connectivity index (χ3n) is 2.65. The van der Waals surface area contributed by atoms with E-state index in [0.29, 0.717) is 25.3 Å². The smallest absolute Gasteiger partial charge is 0.179 e. The normalized spacial score (nSPS) is 12.6. The molecular formula is C12H19N3O4S. The van der Waals surface area contributed by atoms with Gasteiger partial charge in [-0.15, -0.1) is 0 Å². The number of methoxy groups -OCH3 is 1. The van der Waals surface area contributed by atoms with E-state index in [1.807, 2.05) is 0 Å². The van der Waals surface area contributed by atoms with Gasteiger partial charge in [0.05, 0.1) is 17.3 Å². The molecule has 0 saturated heterocycles. The topological polar surface area (TPSA) is 114 Å². The van der Waals surface area contributed by atoms with Crippen LogP contribution in [-0.4, -0.2) is 52.0 Å². The minimum Gasteiger partial charge on any atom is -0.409 e. The highest BCUT2D eigenvalue weighted by molar-refractivity contribution is 7.91. The molecule has 0 atom stereocenters. The van der Waals surface area contributed by atoms with Crippen LogP contribution in [0.4, 0.5) is 0 Å². The average Bonchev–Trinajstić information content (AvgIpc) is 2.46. The number of nitrogens with one attached hydrogen (secondary N) is 1. The Labute approximate surface area is 118 Å². The summed E-state index contributed by atoms with van der Waals surface area (Å²) in [6.45, 7) is 1.50. The molecule has 0 amide bonds. The van der Waals surface area contributed by atoms with Crippen molar-refractivity contribution in [2.45, 2.75) is 4.90 Å². The van der Waals surface area contributed by atoms with E-state index in [4.69, 9.17) is 15.7 Å². The number of hydrogen-bond acceptors (Lipinski definition) is 6. The quantitative estimate of drug-likeness (QED) is 0.201. The number of rotatable bonds is 8. The summed E-state index contributed by atoms with van der Waals surface area (Å²) < 4.78 is 28.9. The summed E-state index contributed by atoms with van der Waals surface area (Å²) in [5.41, 5.74) is 5.87. The third kappa shape index (κ3) is 4.80. The summed E-state index contributed by atoms with van der Waals surface area (Å²) in [6.07, 6.45) is 0. The summed E-state index contributed by atoms with van der Waals surface area (Å²) in [5, 5.41) is 14.4. The predicted octanol–water partition coefficient (Wildman–Crippen LogP) is -0.209. The first-order chi connectivity index (χ1) is 9.51. The Kier molecular flexibility index (Phi) is 6.43. The molecule has 1 rings (SSSR count). The van der Waals surface area contributed by atoms with E-state index in [1.165, 1.54) is 24.3 Å². The van der Waals surface area contributed by atoms with Gasteiger partial charge in [0.1, 0.15) is 0 Å².